The van der Waals surface area contributed by atoms with Gasteiger partial charge < -0.3 is 23.4 Å². The van der Waals surface area contributed by atoms with Crippen molar-refractivity contribution in [1.82, 2.24) is 0 Å². The molecule has 4 aromatic rings. The lowest BCUT2D eigenvalue weighted by atomic mass is 9.86. The summed E-state index contributed by atoms with van der Waals surface area (Å²) in [4.78, 5) is 37.9. The number of hydrogen-bond donors (Lipinski definition) is 0. The van der Waals surface area contributed by atoms with E-state index < -0.39 is 29.7 Å². The van der Waals surface area contributed by atoms with Gasteiger partial charge in [-0.15, -0.1) is 0 Å². The fraction of sp³-hybridized carbons (Fsp3) is 0.296. The second-order valence-electron chi connectivity index (χ2n) is 9.05. The highest BCUT2D eigenvalue weighted by Crippen LogP contribution is 2.50. The van der Waals surface area contributed by atoms with Gasteiger partial charge in [0.05, 0.1) is 18.1 Å². The fourth-order valence-electron chi connectivity index (χ4n) is 4.84. The first-order valence-electron chi connectivity index (χ1n) is 11.1. The van der Waals surface area contributed by atoms with Crippen molar-refractivity contribution in [3.63, 3.8) is 0 Å². The second kappa shape index (κ2) is 8.01. The minimum absolute atomic E-state index is 0.139. The highest BCUT2D eigenvalue weighted by Gasteiger charge is 2.50. The maximum Gasteiger partial charge on any atom is 0.303 e. The fourth-order valence-corrected chi connectivity index (χ4v) is 4.84. The number of fused-ring (bicyclic) bond motifs is 5. The van der Waals surface area contributed by atoms with Gasteiger partial charge in [-0.1, -0.05) is 30.3 Å². The molecule has 0 spiro atoms. The van der Waals surface area contributed by atoms with Gasteiger partial charge in [0.15, 0.2) is 12.2 Å². The molecular weight excluding hydrogens is 452 g/mol. The second-order valence-corrected chi connectivity index (χ2v) is 9.05. The van der Waals surface area contributed by atoms with Crippen LogP contribution in [0.1, 0.15) is 39.4 Å². The molecule has 2 heterocycles. The van der Waals surface area contributed by atoms with Crippen LogP contribution in [0, 0.1) is 0 Å². The molecule has 0 fully saturated rings. The largest absolute Gasteiger partial charge is 0.495 e. The summed E-state index contributed by atoms with van der Waals surface area (Å²) in [7, 11) is 1.41. The van der Waals surface area contributed by atoms with E-state index in [9.17, 15) is 14.4 Å². The van der Waals surface area contributed by atoms with E-state index in [-0.39, 0.29) is 22.1 Å². The Morgan fingerprint density at radius 2 is 1.66 bits per heavy atom. The zero-order valence-electron chi connectivity index (χ0n) is 20.0. The van der Waals surface area contributed by atoms with Gasteiger partial charge in [0.2, 0.25) is 5.43 Å². The Labute approximate surface area is 200 Å². The molecule has 0 amide bonds. The lowest BCUT2D eigenvalue weighted by Crippen LogP contribution is -2.52. The van der Waals surface area contributed by atoms with E-state index in [0.29, 0.717) is 22.3 Å². The molecule has 1 aliphatic heterocycles. The van der Waals surface area contributed by atoms with Crippen LogP contribution in [-0.4, -0.2) is 30.8 Å². The number of methoxy groups -OCH3 is 1. The Morgan fingerprint density at radius 3 is 2.34 bits per heavy atom. The molecule has 0 aliphatic carbocycles. The Bertz CT molecular complexity index is 1580. The van der Waals surface area contributed by atoms with Crippen molar-refractivity contribution in [3.8, 4) is 11.5 Å². The van der Waals surface area contributed by atoms with E-state index in [0.717, 1.165) is 10.8 Å². The van der Waals surface area contributed by atoms with E-state index in [1.54, 1.807) is 26.0 Å². The van der Waals surface area contributed by atoms with Gasteiger partial charge in [0, 0.05) is 19.9 Å². The van der Waals surface area contributed by atoms with Crippen LogP contribution in [-0.2, 0) is 19.1 Å². The molecule has 1 aliphatic rings. The number of carbonyl (C=O) groups excluding carboxylic acids is 2. The van der Waals surface area contributed by atoms with Crippen LogP contribution in [0.2, 0.25) is 0 Å². The molecule has 35 heavy (non-hydrogen) atoms. The summed E-state index contributed by atoms with van der Waals surface area (Å²) in [5.41, 5.74) is -0.379. The summed E-state index contributed by atoms with van der Waals surface area (Å²) in [5, 5.41) is 2.22. The van der Waals surface area contributed by atoms with Crippen molar-refractivity contribution in [2.24, 2.45) is 0 Å². The quantitative estimate of drug-likeness (QED) is 0.236. The van der Waals surface area contributed by atoms with Gasteiger partial charge in [0.1, 0.15) is 33.7 Å². The van der Waals surface area contributed by atoms with Gasteiger partial charge in [-0.2, -0.15) is 0 Å². The average Bonchev–Trinajstić information content (AvgIpc) is 2.79. The zero-order chi connectivity index (χ0) is 25.1. The van der Waals surface area contributed by atoms with E-state index in [2.05, 4.69) is 0 Å². The molecule has 3 aromatic carbocycles. The van der Waals surface area contributed by atoms with E-state index in [4.69, 9.17) is 23.4 Å². The summed E-state index contributed by atoms with van der Waals surface area (Å²) < 4.78 is 29.3. The minimum atomic E-state index is -1.07. The summed E-state index contributed by atoms with van der Waals surface area (Å²) in [6.07, 6.45) is -2.06. The molecule has 2 atom stereocenters. The number of hydrogen-bond acceptors (Lipinski definition) is 8. The first-order valence-corrected chi connectivity index (χ1v) is 11.1. The Morgan fingerprint density at radius 1 is 0.943 bits per heavy atom. The van der Waals surface area contributed by atoms with Gasteiger partial charge in [-0.05, 0) is 30.7 Å². The molecule has 5 rings (SSSR count). The SMILES string of the molecule is COc1c2c(cc3oc4ccc5ccccc5c4c(=O)c13)OC(C)(C)[C@@H](OC(C)=O)[C@H]2OC(C)=O. The molecule has 8 heteroatoms. The smallest absolute Gasteiger partial charge is 0.303 e. The Balaban J connectivity index is 1.90. The summed E-state index contributed by atoms with van der Waals surface area (Å²) >= 11 is 0. The monoisotopic (exact) mass is 476 g/mol. The van der Waals surface area contributed by atoms with Gasteiger partial charge >= 0.3 is 11.9 Å². The minimum Gasteiger partial charge on any atom is -0.495 e. The van der Waals surface area contributed by atoms with E-state index in [1.165, 1.54) is 21.0 Å². The van der Waals surface area contributed by atoms with E-state index in [1.807, 2.05) is 30.3 Å². The van der Waals surface area contributed by atoms with Crippen LogP contribution < -0.4 is 14.9 Å². The zero-order valence-corrected chi connectivity index (χ0v) is 20.0. The number of esters is 2. The molecule has 0 saturated carbocycles. The number of rotatable bonds is 3. The van der Waals surface area contributed by atoms with Crippen molar-refractivity contribution >= 4 is 44.6 Å². The van der Waals surface area contributed by atoms with Crippen molar-refractivity contribution in [3.05, 3.63) is 58.3 Å². The van der Waals surface area contributed by atoms with Crippen LogP contribution in [0.3, 0.4) is 0 Å². The van der Waals surface area contributed by atoms with Crippen molar-refractivity contribution < 1.29 is 33.0 Å². The van der Waals surface area contributed by atoms with Crippen LogP contribution in [0.25, 0.3) is 32.7 Å². The number of benzene rings is 3. The first-order chi connectivity index (χ1) is 16.6. The van der Waals surface area contributed by atoms with Crippen molar-refractivity contribution in [2.75, 3.05) is 7.11 Å². The molecule has 180 valence electrons. The summed E-state index contributed by atoms with van der Waals surface area (Å²) in [5.74, 6) is -0.712. The third-order valence-electron chi connectivity index (χ3n) is 6.22. The summed E-state index contributed by atoms with van der Waals surface area (Å²) in [6.45, 7) is 5.97. The lowest BCUT2D eigenvalue weighted by Gasteiger charge is -2.43. The Kier molecular flexibility index (Phi) is 5.20. The predicted molar refractivity (Wildman–Crippen MR) is 129 cm³/mol. The molecule has 1 aromatic heterocycles. The van der Waals surface area contributed by atoms with Crippen LogP contribution in [0.5, 0.6) is 11.5 Å². The maximum atomic E-state index is 13.9. The molecule has 0 unspecified atom stereocenters. The highest BCUT2D eigenvalue weighted by molar-refractivity contribution is 6.09. The number of carbonyl (C=O) groups is 2. The normalized spacial score (nSPS) is 18.7. The van der Waals surface area contributed by atoms with Crippen molar-refractivity contribution in [2.45, 2.75) is 45.5 Å². The van der Waals surface area contributed by atoms with Crippen LogP contribution >= 0.6 is 0 Å². The third kappa shape index (κ3) is 3.56. The van der Waals surface area contributed by atoms with Crippen LogP contribution in [0.4, 0.5) is 0 Å². The molecule has 0 N–H and O–H groups in total. The maximum absolute atomic E-state index is 13.9. The molecule has 0 radical (unpaired) electrons. The molecular formula is C27H24O8. The molecule has 0 bridgehead atoms. The van der Waals surface area contributed by atoms with Crippen molar-refractivity contribution in [1.29, 1.82) is 0 Å². The predicted octanol–water partition coefficient (Wildman–Crippen LogP) is 4.81. The average molecular weight is 476 g/mol. The Hall–Kier alpha value is -4.07. The van der Waals surface area contributed by atoms with Gasteiger partial charge in [-0.25, -0.2) is 0 Å². The standard InChI is InChI=1S/C27H24O8/c1-13(28)32-25-22-19(35-27(3,4)26(25)33-14(2)29)12-18-21(24(22)31-5)23(30)20-16-9-7-6-8-15(16)10-11-17(20)34-18/h6-12,25-26H,1-5H3/t25-,26-/m0/s1. The van der Waals surface area contributed by atoms with Gasteiger partial charge in [-0.3, -0.25) is 14.4 Å². The molecule has 8 nitrogen and oxygen atoms in total. The lowest BCUT2D eigenvalue weighted by molar-refractivity contribution is -0.188. The van der Waals surface area contributed by atoms with Crippen LogP contribution in [0.15, 0.2) is 51.7 Å². The molecule has 0 saturated heterocycles. The topological polar surface area (TPSA) is 101 Å². The first kappa shape index (κ1) is 22.7. The highest BCUT2D eigenvalue weighted by atomic mass is 16.6. The van der Waals surface area contributed by atoms with E-state index >= 15 is 0 Å². The van der Waals surface area contributed by atoms with Gasteiger partial charge in [0.25, 0.3) is 0 Å². The summed E-state index contributed by atoms with van der Waals surface area (Å²) in [6, 6.07) is 12.8. The number of ether oxygens (including phenoxy) is 4. The third-order valence-corrected chi connectivity index (χ3v) is 6.22.